The van der Waals surface area contributed by atoms with E-state index in [0.29, 0.717) is 21.5 Å². The van der Waals surface area contributed by atoms with Crippen LogP contribution in [0.25, 0.3) is 0 Å². The van der Waals surface area contributed by atoms with Gasteiger partial charge in [0.25, 0.3) is 0 Å². The standard InChI is InChI=1S/C14H12BrFN2O/c1-8-2-3-9(16)6-13(8)19-10-4-5-11(14(17)18)12(15)7-10/h2-7H,1H3,(H3,17,18). The highest BCUT2D eigenvalue weighted by Crippen LogP contribution is 2.29. The van der Waals surface area contributed by atoms with E-state index in [1.165, 1.54) is 12.1 Å². The van der Waals surface area contributed by atoms with E-state index in [4.69, 9.17) is 15.9 Å². The molecule has 2 rings (SSSR count). The molecule has 0 aliphatic carbocycles. The molecular formula is C14H12BrFN2O. The molecule has 0 radical (unpaired) electrons. The van der Waals surface area contributed by atoms with Gasteiger partial charge in [-0.2, -0.15) is 0 Å². The largest absolute Gasteiger partial charge is 0.457 e. The van der Waals surface area contributed by atoms with Crippen molar-refractivity contribution in [2.75, 3.05) is 0 Å². The van der Waals surface area contributed by atoms with E-state index in [2.05, 4.69) is 15.9 Å². The predicted octanol–water partition coefficient (Wildman–Crippen LogP) is 3.97. The number of hydrogen-bond donors (Lipinski definition) is 2. The maximum Gasteiger partial charge on any atom is 0.133 e. The van der Waals surface area contributed by atoms with Crippen LogP contribution < -0.4 is 10.5 Å². The van der Waals surface area contributed by atoms with Crippen LogP contribution in [-0.4, -0.2) is 5.84 Å². The first-order valence-corrected chi connectivity index (χ1v) is 6.34. The molecule has 0 unspecified atom stereocenters. The van der Waals surface area contributed by atoms with E-state index in [0.717, 1.165) is 5.56 Å². The Balaban J connectivity index is 2.31. The zero-order valence-corrected chi connectivity index (χ0v) is 11.8. The zero-order chi connectivity index (χ0) is 14.0. The van der Waals surface area contributed by atoms with Crippen LogP contribution in [-0.2, 0) is 0 Å². The molecule has 0 saturated carbocycles. The van der Waals surface area contributed by atoms with Gasteiger partial charge < -0.3 is 10.5 Å². The van der Waals surface area contributed by atoms with Crippen molar-refractivity contribution < 1.29 is 9.13 Å². The minimum absolute atomic E-state index is 0.0274. The first kappa shape index (κ1) is 13.5. The molecule has 3 N–H and O–H groups in total. The van der Waals surface area contributed by atoms with Gasteiger partial charge in [0.2, 0.25) is 0 Å². The minimum Gasteiger partial charge on any atom is -0.457 e. The van der Waals surface area contributed by atoms with E-state index >= 15 is 0 Å². The summed E-state index contributed by atoms with van der Waals surface area (Å²) < 4.78 is 19.4. The molecule has 0 atom stereocenters. The van der Waals surface area contributed by atoms with Crippen molar-refractivity contribution in [3.8, 4) is 11.5 Å². The first-order valence-electron chi connectivity index (χ1n) is 5.55. The van der Waals surface area contributed by atoms with Gasteiger partial charge in [0, 0.05) is 16.1 Å². The fourth-order valence-corrected chi connectivity index (χ4v) is 2.16. The molecule has 0 heterocycles. The molecule has 0 aromatic heterocycles. The maximum absolute atomic E-state index is 13.2. The van der Waals surface area contributed by atoms with E-state index in [1.807, 2.05) is 6.92 Å². The number of benzene rings is 2. The molecule has 0 aliphatic heterocycles. The summed E-state index contributed by atoms with van der Waals surface area (Å²) in [4.78, 5) is 0. The highest BCUT2D eigenvalue weighted by Gasteiger charge is 2.07. The third-order valence-electron chi connectivity index (χ3n) is 2.61. The van der Waals surface area contributed by atoms with Crippen molar-refractivity contribution in [1.82, 2.24) is 0 Å². The van der Waals surface area contributed by atoms with Crippen LogP contribution in [0.1, 0.15) is 11.1 Å². The third-order valence-corrected chi connectivity index (χ3v) is 3.26. The van der Waals surface area contributed by atoms with Crippen LogP contribution in [0, 0.1) is 18.2 Å². The molecule has 0 aliphatic rings. The van der Waals surface area contributed by atoms with Crippen molar-refractivity contribution in [3.63, 3.8) is 0 Å². The second-order valence-electron chi connectivity index (χ2n) is 4.07. The molecule has 5 heteroatoms. The van der Waals surface area contributed by atoms with Crippen molar-refractivity contribution in [3.05, 3.63) is 57.8 Å². The second kappa shape index (κ2) is 5.40. The van der Waals surface area contributed by atoms with Gasteiger partial charge in [-0.15, -0.1) is 0 Å². The number of nitrogens with two attached hydrogens (primary N) is 1. The van der Waals surface area contributed by atoms with Crippen LogP contribution in [0.15, 0.2) is 40.9 Å². The Morgan fingerprint density at radius 2 is 2.00 bits per heavy atom. The number of aryl methyl sites for hydroxylation is 1. The predicted molar refractivity (Wildman–Crippen MR) is 76.4 cm³/mol. The zero-order valence-electron chi connectivity index (χ0n) is 10.2. The van der Waals surface area contributed by atoms with Crippen molar-refractivity contribution in [2.45, 2.75) is 6.92 Å². The van der Waals surface area contributed by atoms with Gasteiger partial charge in [-0.1, -0.05) is 6.07 Å². The van der Waals surface area contributed by atoms with Crippen molar-refractivity contribution >= 4 is 21.8 Å². The molecule has 0 amide bonds. The number of hydrogen-bond acceptors (Lipinski definition) is 2. The quantitative estimate of drug-likeness (QED) is 0.663. The Kier molecular flexibility index (Phi) is 3.85. The summed E-state index contributed by atoms with van der Waals surface area (Å²) in [6.07, 6.45) is 0. The summed E-state index contributed by atoms with van der Waals surface area (Å²) in [6.45, 7) is 1.84. The first-order chi connectivity index (χ1) is 8.97. The van der Waals surface area contributed by atoms with Gasteiger partial charge in [-0.05, 0) is 52.7 Å². The summed E-state index contributed by atoms with van der Waals surface area (Å²) in [5.41, 5.74) is 6.85. The lowest BCUT2D eigenvalue weighted by Gasteiger charge is -2.10. The SMILES string of the molecule is Cc1ccc(F)cc1Oc1ccc(C(=N)N)c(Br)c1. The van der Waals surface area contributed by atoms with E-state index in [9.17, 15) is 4.39 Å². The topological polar surface area (TPSA) is 59.1 Å². The fourth-order valence-electron chi connectivity index (χ4n) is 1.59. The minimum atomic E-state index is -0.347. The lowest BCUT2D eigenvalue weighted by Crippen LogP contribution is -2.11. The van der Waals surface area contributed by atoms with Crippen LogP contribution in [0.2, 0.25) is 0 Å². The van der Waals surface area contributed by atoms with Crippen LogP contribution in [0.4, 0.5) is 4.39 Å². The van der Waals surface area contributed by atoms with Gasteiger partial charge in [-0.25, -0.2) is 4.39 Å². The molecule has 0 fully saturated rings. The number of halogens is 2. The fraction of sp³-hybridized carbons (Fsp3) is 0.0714. The Hall–Kier alpha value is -1.88. The second-order valence-corrected chi connectivity index (χ2v) is 4.92. The van der Waals surface area contributed by atoms with Crippen LogP contribution >= 0.6 is 15.9 Å². The molecule has 2 aromatic carbocycles. The lowest BCUT2D eigenvalue weighted by molar-refractivity contribution is 0.472. The summed E-state index contributed by atoms with van der Waals surface area (Å²) >= 11 is 3.32. The molecular weight excluding hydrogens is 311 g/mol. The Labute approximate surface area is 118 Å². The van der Waals surface area contributed by atoms with Gasteiger partial charge >= 0.3 is 0 Å². The van der Waals surface area contributed by atoms with Crippen LogP contribution in [0.3, 0.4) is 0 Å². The molecule has 0 spiro atoms. The van der Waals surface area contributed by atoms with E-state index in [1.54, 1.807) is 24.3 Å². The number of ether oxygens (including phenoxy) is 1. The smallest absolute Gasteiger partial charge is 0.133 e. The average Bonchev–Trinajstić information content (AvgIpc) is 2.33. The monoisotopic (exact) mass is 322 g/mol. The Bertz CT molecular complexity index is 643. The van der Waals surface area contributed by atoms with Crippen molar-refractivity contribution in [1.29, 1.82) is 5.41 Å². The number of rotatable bonds is 3. The Morgan fingerprint density at radius 1 is 1.26 bits per heavy atom. The Morgan fingerprint density at radius 3 is 2.63 bits per heavy atom. The molecule has 0 saturated heterocycles. The summed E-state index contributed by atoms with van der Waals surface area (Å²) in [6, 6.07) is 9.44. The molecule has 98 valence electrons. The van der Waals surface area contributed by atoms with Gasteiger partial charge in [0.15, 0.2) is 0 Å². The van der Waals surface area contributed by atoms with Crippen LogP contribution in [0.5, 0.6) is 11.5 Å². The van der Waals surface area contributed by atoms with E-state index < -0.39 is 0 Å². The molecule has 2 aromatic rings. The number of amidine groups is 1. The molecule has 3 nitrogen and oxygen atoms in total. The van der Waals surface area contributed by atoms with Gasteiger partial charge in [-0.3, -0.25) is 5.41 Å². The maximum atomic E-state index is 13.2. The molecule has 0 bridgehead atoms. The highest BCUT2D eigenvalue weighted by molar-refractivity contribution is 9.10. The lowest BCUT2D eigenvalue weighted by atomic mass is 10.2. The summed E-state index contributed by atoms with van der Waals surface area (Å²) in [7, 11) is 0. The third kappa shape index (κ3) is 3.12. The highest BCUT2D eigenvalue weighted by atomic mass is 79.9. The normalized spacial score (nSPS) is 10.3. The number of nitrogen functional groups attached to an aromatic ring is 1. The summed E-state index contributed by atoms with van der Waals surface area (Å²) in [5, 5.41) is 7.39. The molecule has 19 heavy (non-hydrogen) atoms. The van der Waals surface area contributed by atoms with Gasteiger partial charge in [0.1, 0.15) is 23.2 Å². The van der Waals surface area contributed by atoms with Crippen molar-refractivity contribution in [2.24, 2.45) is 5.73 Å². The number of nitrogens with one attached hydrogen (secondary N) is 1. The average molecular weight is 323 g/mol. The van der Waals surface area contributed by atoms with Gasteiger partial charge in [0.05, 0.1) is 0 Å². The van der Waals surface area contributed by atoms with E-state index in [-0.39, 0.29) is 11.7 Å². The summed E-state index contributed by atoms with van der Waals surface area (Å²) in [5.74, 6) is 0.633.